The van der Waals surface area contributed by atoms with E-state index in [0.717, 1.165) is 17.5 Å². The molecule has 1 aromatic heterocycles. The van der Waals surface area contributed by atoms with Gasteiger partial charge in [0.1, 0.15) is 0 Å². The maximum absolute atomic E-state index is 12.4. The van der Waals surface area contributed by atoms with Gasteiger partial charge in [-0.3, -0.25) is 4.79 Å². The van der Waals surface area contributed by atoms with Crippen LogP contribution in [-0.2, 0) is 13.0 Å². The van der Waals surface area contributed by atoms with Crippen molar-refractivity contribution in [1.29, 1.82) is 0 Å². The molecule has 3 N–H and O–H groups in total. The summed E-state index contributed by atoms with van der Waals surface area (Å²) in [6.45, 7) is 4.58. The van der Waals surface area contributed by atoms with Gasteiger partial charge in [0.15, 0.2) is 11.5 Å². The number of hydrogen-bond donors (Lipinski definition) is 2. The summed E-state index contributed by atoms with van der Waals surface area (Å²) in [4.78, 5) is 12.4. The molecule has 3 rings (SSSR count). The molecule has 0 spiro atoms. The molecule has 0 saturated heterocycles. The summed E-state index contributed by atoms with van der Waals surface area (Å²) >= 11 is 0. The topological polar surface area (TPSA) is 85.8 Å². The van der Waals surface area contributed by atoms with Crippen LogP contribution in [0.3, 0.4) is 0 Å². The van der Waals surface area contributed by atoms with E-state index in [1.165, 1.54) is 10.2 Å². The van der Waals surface area contributed by atoms with Crippen LogP contribution < -0.4 is 11.1 Å². The average molecular weight is 335 g/mol. The van der Waals surface area contributed by atoms with Crippen LogP contribution in [0.5, 0.6) is 0 Å². The van der Waals surface area contributed by atoms with E-state index < -0.39 is 0 Å². The quantitative estimate of drug-likeness (QED) is 0.750. The molecule has 128 valence electrons. The predicted octanol–water partition coefficient (Wildman–Crippen LogP) is 3.03. The van der Waals surface area contributed by atoms with Crippen LogP contribution in [0.4, 0.5) is 11.5 Å². The lowest BCUT2D eigenvalue weighted by Gasteiger charge is -2.07. The van der Waals surface area contributed by atoms with Gasteiger partial charge in [-0.15, -0.1) is 5.10 Å². The van der Waals surface area contributed by atoms with Crippen molar-refractivity contribution in [3.05, 3.63) is 70.9 Å². The molecule has 1 amide bonds. The summed E-state index contributed by atoms with van der Waals surface area (Å²) in [6.07, 6.45) is 0.953. The highest BCUT2D eigenvalue weighted by atomic mass is 16.2. The second-order valence-corrected chi connectivity index (χ2v) is 5.91. The fourth-order valence-corrected chi connectivity index (χ4v) is 2.56. The van der Waals surface area contributed by atoms with E-state index in [-0.39, 0.29) is 17.4 Å². The summed E-state index contributed by atoms with van der Waals surface area (Å²) in [5.74, 6) is -0.108. The minimum atomic E-state index is -0.363. The largest absolute Gasteiger partial charge is 0.382 e. The van der Waals surface area contributed by atoms with E-state index >= 15 is 0 Å². The number of hydrogen-bond acceptors (Lipinski definition) is 4. The number of rotatable bonds is 5. The van der Waals surface area contributed by atoms with Crippen molar-refractivity contribution in [3.63, 3.8) is 0 Å². The van der Waals surface area contributed by atoms with Crippen LogP contribution in [0.15, 0.2) is 48.5 Å². The van der Waals surface area contributed by atoms with Crippen LogP contribution in [0.25, 0.3) is 0 Å². The molecule has 2 aromatic carbocycles. The Morgan fingerprint density at radius 3 is 2.56 bits per heavy atom. The maximum atomic E-state index is 12.4. The lowest BCUT2D eigenvalue weighted by Crippen LogP contribution is -2.15. The normalized spacial score (nSPS) is 10.6. The van der Waals surface area contributed by atoms with Gasteiger partial charge in [0, 0.05) is 5.69 Å². The van der Waals surface area contributed by atoms with E-state index in [9.17, 15) is 4.79 Å². The van der Waals surface area contributed by atoms with Gasteiger partial charge >= 0.3 is 0 Å². The summed E-state index contributed by atoms with van der Waals surface area (Å²) in [7, 11) is 0. The highest BCUT2D eigenvalue weighted by Crippen LogP contribution is 2.16. The Morgan fingerprint density at radius 1 is 1.16 bits per heavy atom. The Bertz CT molecular complexity index is 883. The van der Waals surface area contributed by atoms with Gasteiger partial charge in [-0.25, -0.2) is 4.68 Å². The van der Waals surface area contributed by atoms with Crippen molar-refractivity contribution in [2.24, 2.45) is 0 Å². The number of carbonyl (C=O) groups is 1. The zero-order valence-corrected chi connectivity index (χ0v) is 14.4. The zero-order valence-electron chi connectivity index (χ0n) is 14.4. The first-order valence-electron chi connectivity index (χ1n) is 8.22. The molecule has 0 bridgehead atoms. The van der Waals surface area contributed by atoms with Gasteiger partial charge in [0.2, 0.25) is 0 Å². The Labute approximate surface area is 146 Å². The van der Waals surface area contributed by atoms with E-state index in [1.54, 1.807) is 0 Å². The van der Waals surface area contributed by atoms with E-state index in [4.69, 9.17) is 5.73 Å². The maximum Gasteiger partial charge on any atom is 0.280 e. The molecule has 6 nitrogen and oxygen atoms in total. The third kappa shape index (κ3) is 3.68. The van der Waals surface area contributed by atoms with Crippen LogP contribution in [-0.4, -0.2) is 20.9 Å². The molecular formula is C19H21N5O. The molecule has 0 aliphatic heterocycles. The number of nitrogen functional groups attached to an aromatic ring is 1. The van der Waals surface area contributed by atoms with Crippen molar-refractivity contribution in [2.75, 3.05) is 11.1 Å². The summed E-state index contributed by atoms with van der Waals surface area (Å²) in [5.41, 5.74) is 10.3. The van der Waals surface area contributed by atoms with Gasteiger partial charge < -0.3 is 11.1 Å². The van der Waals surface area contributed by atoms with Gasteiger partial charge in [0.25, 0.3) is 5.91 Å². The third-order valence-electron chi connectivity index (χ3n) is 4.19. The van der Waals surface area contributed by atoms with E-state index in [0.29, 0.717) is 12.2 Å². The number of benzene rings is 2. The first-order chi connectivity index (χ1) is 12.1. The van der Waals surface area contributed by atoms with Gasteiger partial charge in [-0.1, -0.05) is 48.5 Å². The minimum absolute atomic E-state index is 0.133. The summed E-state index contributed by atoms with van der Waals surface area (Å²) in [6, 6.07) is 15.7. The van der Waals surface area contributed by atoms with E-state index in [2.05, 4.69) is 22.6 Å². The second-order valence-electron chi connectivity index (χ2n) is 5.91. The molecule has 25 heavy (non-hydrogen) atoms. The van der Waals surface area contributed by atoms with Crippen LogP contribution >= 0.6 is 0 Å². The minimum Gasteiger partial charge on any atom is -0.382 e. The number of carbonyl (C=O) groups excluding carboxylic acids is 1. The smallest absolute Gasteiger partial charge is 0.280 e. The van der Waals surface area contributed by atoms with Crippen molar-refractivity contribution >= 4 is 17.4 Å². The molecule has 0 radical (unpaired) electrons. The molecule has 0 aliphatic carbocycles. The number of nitrogens with zero attached hydrogens (tertiary/aromatic N) is 3. The van der Waals surface area contributed by atoms with Crippen molar-refractivity contribution in [2.45, 2.75) is 26.8 Å². The number of nitrogens with one attached hydrogen (secondary N) is 1. The van der Waals surface area contributed by atoms with Gasteiger partial charge in [0.05, 0.1) is 6.54 Å². The highest BCUT2D eigenvalue weighted by Gasteiger charge is 2.18. The molecule has 0 atom stereocenters. The molecular weight excluding hydrogens is 314 g/mol. The number of amides is 1. The fourth-order valence-electron chi connectivity index (χ4n) is 2.56. The zero-order chi connectivity index (χ0) is 17.8. The predicted molar refractivity (Wildman–Crippen MR) is 98.5 cm³/mol. The molecule has 3 aromatic rings. The van der Waals surface area contributed by atoms with Gasteiger partial charge in [-0.05, 0) is 42.2 Å². The molecule has 0 aliphatic rings. The summed E-state index contributed by atoms with van der Waals surface area (Å²) in [5, 5.41) is 10.8. The molecule has 0 unspecified atom stereocenters. The number of aryl methyl sites for hydroxylation is 2. The van der Waals surface area contributed by atoms with Crippen molar-refractivity contribution in [3.8, 4) is 0 Å². The Kier molecular flexibility index (Phi) is 4.79. The first kappa shape index (κ1) is 16.7. The standard InChI is InChI=1S/C19H21N5O/c1-3-14-8-10-16(11-9-14)21-19(25)17-18(20)24(23-22-17)12-15-7-5-4-6-13(15)2/h4-11H,3,12,20H2,1-2H3,(H,21,25). The Morgan fingerprint density at radius 2 is 1.88 bits per heavy atom. The second kappa shape index (κ2) is 7.17. The monoisotopic (exact) mass is 335 g/mol. The summed E-state index contributed by atoms with van der Waals surface area (Å²) < 4.78 is 1.54. The molecule has 6 heteroatoms. The Hall–Kier alpha value is -3.15. The Balaban J connectivity index is 1.75. The lowest BCUT2D eigenvalue weighted by atomic mass is 10.1. The third-order valence-corrected chi connectivity index (χ3v) is 4.19. The van der Waals surface area contributed by atoms with Crippen LogP contribution in [0, 0.1) is 6.92 Å². The van der Waals surface area contributed by atoms with Crippen molar-refractivity contribution in [1.82, 2.24) is 15.0 Å². The highest BCUT2D eigenvalue weighted by molar-refractivity contribution is 6.05. The van der Waals surface area contributed by atoms with Crippen LogP contribution in [0.1, 0.15) is 34.1 Å². The molecule has 1 heterocycles. The SMILES string of the molecule is CCc1ccc(NC(=O)c2nnn(Cc3ccccc3C)c2N)cc1. The van der Waals surface area contributed by atoms with Crippen molar-refractivity contribution < 1.29 is 4.79 Å². The first-order valence-corrected chi connectivity index (χ1v) is 8.22. The van der Waals surface area contributed by atoms with E-state index in [1.807, 2.05) is 55.5 Å². The number of aromatic nitrogens is 3. The van der Waals surface area contributed by atoms with Crippen LogP contribution in [0.2, 0.25) is 0 Å². The number of nitrogens with two attached hydrogens (primary N) is 1. The molecule has 0 fully saturated rings. The lowest BCUT2D eigenvalue weighted by molar-refractivity contribution is 0.102. The fraction of sp³-hybridized carbons (Fsp3) is 0.211. The van der Waals surface area contributed by atoms with Gasteiger partial charge in [-0.2, -0.15) is 0 Å². The average Bonchev–Trinajstić information content (AvgIpc) is 2.98. The number of anilines is 2. The molecule has 0 saturated carbocycles.